The number of carbonyl (C=O) groups is 1. The molecule has 3 atom stereocenters. The van der Waals surface area contributed by atoms with Crippen molar-refractivity contribution >= 4 is 5.91 Å². The molecule has 128 valence electrons. The molecular weight excluding hydrogens is 290 g/mol. The summed E-state index contributed by atoms with van der Waals surface area (Å²) >= 11 is 0. The topological polar surface area (TPSA) is 44.8 Å². The van der Waals surface area contributed by atoms with Crippen molar-refractivity contribution in [2.75, 3.05) is 40.3 Å². The van der Waals surface area contributed by atoms with E-state index in [1.54, 1.807) is 0 Å². The summed E-state index contributed by atoms with van der Waals surface area (Å²) in [6.45, 7) is 6.79. The Morgan fingerprint density at radius 1 is 1.26 bits per heavy atom. The molecule has 5 nitrogen and oxygen atoms in total. The molecule has 23 heavy (non-hydrogen) atoms. The van der Waals surface area contributed by atoms with Gasteiger partial charge in [0, 0.05) is 19.6 Å². The molecule has 0 aliphatic carbocycles. The second-order valence-corrected chi connectivity index (χ2v) is 6.65. The lowest BCUT2D eigenvalue weighted by Gasteiger charge is -2.35. The minimum atomic E-state index is 0.0779. The first-order valence-corrected chi connectivity index (χ1v) is 8.31. The van der Waals surface area contributed by atoms with Crippen molar-refractivity contribution in [3.63, 3.8) is 0 Å². The third-order valence-electron chi connectivity index (χ3n) is 4.16. The Bertz CT molecular complexity index is 482. The normalized spacial score (nSPS) is 23.7. The summed E-state index contributed by atoms with van der Waals surface area (Å²) < 4.78 is 5.71. The molecule has 1 N–H and O–H groups in total. The highest BCUT2D eigenvalue weighted by atomic mass is 16.5. The second-order valence-electron chi connectivity index (χ2n) is 6.65. The fourth-order valence-corrected chi connectivity index (χ4v) is 3.16. The Morgan fingerprint density at radius 3 is 2.43 bits per heavy atom. The van der Waals surface area contributed by atoms with Gasteiger partial charge in [0.15, 0.2) is 0 Å². The van der Waals surface area contributed by atoms with E-state index in [-0.39, 0.29) is 24.2 Å². The van der Waals surface area contributed by atoms with Crippen LogP contribution in [0.3, 0.4) is 0 Å². The minimum absolute atomic E-state index is 0.0779. The van der Waals surface area contributed by atoms with E-state index < -0.39 is 0 Å². The number of likely N-dealkylation sites (N-methyl/N-ethyl adjacent to an activating group) is 1. The number of ether oxygens (including phenoxy) is 1. The maximum Gasteiger partial charge on any atom is 0.234 e. The van der Waals surface area contributed by atoms with Gasteiger partial charge < -0.3 is 15.0 Å². The zero-order valence-electron chi connectivity index (χ0n) is 14.7. The molecule has 1 saturated heterocycles. The van der Waals surface area contributed by atoms with E-state index in [1.165, 1.54) is 5.56 Å². The molecule has 1 aromatic carbocycles. The van der Waals surface area contributed by atoms with Crippen LogP contribution in [0.25, 0.3) is 0 Å². The number of nitrogens with one attached hydrogen (secondary N) is 1. The summed E-state index contributed by atoms with van der Waals surface area (Å²) in [6.07, 6.45) is 0.371. The van der Waals surface area contributed by atoms with Crippen LogP contribution >= 0.6 is 0 Å². The summed E-state index contributed by atoms with van der Waals surface area (Å²) in [5, 5.41) is 3.08. The highest BCUT2D eigenvalue weighted by Gasteiger charge is 2.24. The van der Waals surface area contributed by atoms with Crippen molar-refractivity contribution in [1.29, 1.82) is 0 Å². The van der Waals surface area contributed by atoms with Crippen LogP contribution in [0.5, 0.6) is 0 Å². The van der Waals surface area contributed by atoms with Crippen LogP contribution < -0.4 is 5.32 Å². The quantitative estimate of drug-likeness (QED) is 0.863. The monoisotopic (exact) mass is 319 g/mol. The number of morpholine rings is 1. The van der Waals surface area contributed by atoms with E-state index in [1.807, 2.05) is 32.3 Å². The van der Waals surface area contributed by atoms with E-state index in [0.29, 0.717) is 13.1 Å². The highest BCUT2D eigenvalue weighted by Crippen LogP contribution is 2.16. The van der Waals surface area contributed by atoms with Gasteiger partial charge in [0.25, 0.3) is 0 Å². The smallest absolute Gasteiger partial charge is 0.234 e. The molecule has 0 bridgehead atoms. The van der Waals surface area contributed by atoms with Crippen LogP contribution in [-0.4, -0.2) is 68.2 Å². The molecule has 0 saturated carbocycles. The molecule has 0 unspecified atom stereocenters. The highest BCUT2D eigenvalue weighted by molar-refractivity contribution is 5.78. The molecular formula is C18H29N3O2. The zero-order chi connectivity index (χ0) is 16.8. The van der Waals surface area contributed by atoms with Crippen molar-refractivity contribution in [3.05, 3.63) is 35.9 Å². The zero-order valence-corrected chi connectivity index (χ0v) is 14.7. The van der Waals surface area contributed by atoms with Crippen LogP contribution in [0.15, 0.2) is 30.3 Å². The Labute approximate surface area is 139 Å². The van der Waals surface area contributed by atoms with Gasteiger partial charge in [-0.3, -0.25) is 9.69 Å². The maximum absolute atomic E-state index is 12.3. The Hall–Kier alpha value is -1.43. The average molecular weight is 319 g/mol. The number of carbonyl (C=O) groups excluding carboxylic acids is 1. The Balaban J connectivity index is 1.85. The summed E-state index contributed by atoms with van der Waals surface area (Å²) in [6, 6.07) is 10.5. The molecule has 5 heteroatoms. The predicted molar refractivity (Wildman–Crippen MR) is 92.3 cm³/mol. The molecule has 2 rings (SSSR count). The molecule has 0 spiro atoms. The van der Waals surface area contributed by atoms with Crippen molar-refractivity contribution in [3.8, 4) is 0 Å². The summed E-state index contributed by atoms with van der Waals surface area (Å²) in [5.74, 6) is 0.0779. The fraction of sp³-hybridized carbons (Fsp3) is 0.611. The lowest BCUT2D eigenvalue weighted by atomic mass is 10.1. The third-order valence-corrected chi connectivity index (χ3v) is 4.16. The number of amides is 1. The van der Waals surface area contributed by atoms with Gasteiger partial charge in [0.1, 0.15) is 0 Å². The molecule has 0 radical (unpaired) electrons. The van der Waals surface area contributed by atoms with Crippen molar-refractivity contribution in [2.45, 2.75) is 32.1 Å². The molecule has 1 aliphatic heterocycles. The first-order chi connectivity index (χ1) is 11.0. The molecule has 1 heterocycles. The van der Waals surface area contributed by atoms with E-state index in [0.717, 1.165) is 13.1 Å². The summed E-state index contributed by atoms with van der Waals surface area (Å²) in [5.41, 5.74) is 1.21. The third kappa shape index (κ3) is 5.61. The van der Waals surface area contributed by atoms with Gasteiger partial charge >= 0.3 is 0 Å². The van der Waals surface area contributed by atoms with Gasteiger partial charge in [-0.2, -0.15) is 0 Å². The van der Waals surface area contributed by atoms with Crippen LogP contribution in [-0.2, 0) is 9.53 Å². The maximum atomic E-state index is 12.3. The van der Waals surface area contributed by atoms with Crippen molar-refractivity contribution in [2.24, 2.45) is 0 Å². The van der Waals surface area contributed by atoms with E-state index >= 15 is 0 Å². The van der Waals surface area contributed by atoms with Crippen molar-refractivity contribution in [1.82, 2.24) is 15.1 Å². The molecule has 1 amide bonds. The van der Waals surface area contributed by atoms with Gasteiger partial charge in [-0.05, 0) is 33.5 Å². The standard InChI is InChI=1S/C18H29N3O2/c1-14-11-21(12-15(2)23-14)13-18(22)19-10-17(20(3)4)16-8-6-5-7-9-16/h5-9,14-15,17H,10-13H2,1-4H3,(H,19,22)/t14-,15+,17-/m1/s1. The molecule has 1 aliphatic rings. The first kappa shape index (κ1) is 17.9. The molecule has 1 fully saturated rings. The summed E-state index contributed by atoms with van der Waals surface area (Å²) in [4.78, 5) is 16.6. The molecule has 0 aromatic heterocycles. The summed E-state index contributed by atoms with van der Waals surface area (Å²) in [7, 11) is 4.07. The minimum Gasteiger partial charge on any atom is -0.373 e. The van der Waals surface area contributed by atoms with Gasteiger partial charge in [0.05, 0.1) is 24.8 Å². The van der Waals surface area contributed by atoms with Gasteiger partial charge in [0.2, 0.25) is 5.91 Å². The van der Waals surface area contributed by atoms with E-state index in [4.69, 9.17) is 4.74 Å². The van der Waals surface area contributed by atoms with Crippen LogP contribution in [0, 0.1) is 0 Å². The van der Waals surface area contributed by atoms with Gasteiger partial charge in [-0.1, -0.05) is 30.3 Å². The van der Waals surface area contributed by atoms with Crippen LogP contribution in [0.1, 0.15) is 25.5 Å². The second kappa shape index (κ2) is 8.43. The lowest BCUT2D eigenvalue weighted by Crippen LogP contribution is -2.49. The number of rotatable bonds is 6. The van der Waals surface area contributed by atoms with Crippen LogP contribution in [0.2, 0.25) is 0 Å². The fourth-order valence-electron chi connectivity index (χ4n) is 3.16. The van der Waals surface area contributed by atoms with Gasteiger partial charge in [-0.15, -0.1) is 0 Å². The van der Waals surface area contributed by atoms with Crippen LogP contribution in [0.4, 0.5) is 0 Å². The van der Waals surface area contributed by atoms with E-state index in [9.17, 15) is 4.79 Å². The number of hydrogen-bond acceptors (Lipinski definition) is 4. The Kier molecular flexibility index (Phi) is 6.57. The number of benzene rings is 1. The predicted octanol–water partition coefficient (Wildman–Crippen LogP) is 1.51. The lowest BCUT2D eigenvalue weighted by molar-refractivity contribution is -0.126. The molecule has 1 aromatic rings. The van der Waals surface area contributed by atoms with Crippen molar-refractivity contribution < 1.29 is 9.53 Å². The SMILES string of the molecule is C[C@@H]1CN(CC(=O)NC[C@H](c2ccccc2)N(C)C)C[C@H](C)O1. The number of hydrogen-bond donors (Lipinski definition) is 1. The van der Waals surface area contributed by atoms with E-state index in [2.05, 4.69) is 41.1 Å². The first-order valence-electron chi connectivity index (χ1n) is 8.31. The largest absolute Gasteiger partial charge is 0.373 e. The van der Waals surface area contributed by atoms with Gasteiger partial charge in [-0.25, -0.2) is 0 Å². The Morgan fingerprint density at radius 2 is 1.87 bits per heavy atom. The number of nitrogens with zero attached hydrogens (tertiary/aromatic N) is 2. The average Bonchev–Trinajstić information content (AvgIpc) is 2.47.